The Kier molecular flexibility index (Phi) is 3.93. The summed E-state index contributed by atoms with van der Waals surface area (Å²) in [7, 11) is 1.33. The van der Waals surface area contributed by atoms with Gasteiger partial charge in [0.2, 0.25) is 5.13 Å². The summed E-state index contributed by atoms with van der Waals surface area (Å²) < 4.78 is 9.83. The van der Waals surface area contributed by atoms with E-state index in [9.17, 15) is 4.79 Å². The number of nitrogens with zero attached hydrogens (tertiary/aromatic N) is 2. The molecule has 0 fully saturated rings. The standard InChI is InChI=1S/C11H13N3O3S/c1-3-9-13-14-11(18-9)12-5-8-4-7(6-17-8)10(15)16-2/h4,6H,3,5H2,1-2H3,(H,12,14). The Labute approximate surface area is 108 Å². The van der Waals surface area contributed by atoms with Gasteiger partial charge in [0.05, 0.1) is 19.2 Å². The summed E-state index contributed by atoms with van der Waals surface area (Å²) in [4.78, 5) is 11.2. The van der Waals surface area contributed by atoms with E-state index in [2.05, 4.69) is 20.3 Å². The first kappa shape index (κ1) is 12.6. The van der Waals surface area contributed by atoms with Crippen molar-refractivity contribution in [3.8, 4) is 0 Å². The number of hydrogen-bond acceptors (Lipinski definition) is 7. The van der Waals surface area contributed by atoms with Crippen LogP contribution < -0.4 is 5.32 Å². The predicted octanol–water partition coefficient (Wildman–Crippen LogP) is 2.09. The van der Waals surface area contributed by atoms with Gasteiger partial charge in [0.15, 0.2) is 0 Å². The Hall–Kier alpha value is -1.89. The van der Waals surface area contributed by atoms with Crippen molar-refractivity contribution in [2.75, 3.05) is 12.4 Å². The van der Waals surface area contributed by atoms with Gasteiger partial charge in [-0.1, -0.05) is 18.3 Å². The van der Waals surface area contributed by atoms with Crippen LogP contribution in [0.2, 0.25) is 0 Å². The number of ether oxygens (including phenoxy) is 1. The van der Waals surface area contributed by atoms with E-state index in [0.29, 0.717) is 17.9 Å². The molecular formula is C11H13N3O3S. The lowest BCUT2D eigenvalue weighted by molar-refractivity contribution is 0.0600. The number of methoxy groups -OCH3 is 1. The minimum absolute atomic E-state index is 0.404. The lowest BCUT2D eigenvalue weighted by atomic mass is 10.3. The number of nitrogens with one attached hydrogen (secondary N) is 1. The monoisotopic (exact) mass is 267 g/mol. The molecule has 0 saturated heterocycles. The van der Waals surface area contributed by atoms with Crippen LogP contribution in [0.4, 0.5) is 5.13 Å². The summed E-state index contributed by atoms with van der Waals surface area (Å²) in [5.74, 6) is 0.234. The van der Waals surface area contributed by atoms with Gasteiger partial charge < -0.3 is 14.5 Å². The van der Waals surface area contributed by atoms with E-state index >= 15 is 0 Å². The molecule has 0 aliphatic heterocycles. The zero-order chi connectivity index (χ0) is 13.0. The fourth-order valence-electron chi connectivity index (χ4n) is 1.33. The largest absolute Gasteiger partial charge is 0.467 e. The van der Waals surface area contributed by atoms with Crippen LogP contribution in [0.15, 0.2) is 16.7 Å². The van der Waals surface area contributed by atoms with Crippen LogP contribution in [-0.2, 0) is 17.7 Å². The van der Waals surface area contributed by atoms with E-state index in [1.54, 1.807) is 6.07 Å². The second-order valence-corrected chi connectivity index (χ2v) is 4.56. The summed E-state index contributed by atoms with van der Waals surface area (Å²) in [6.45, 7) is 2.48. The van der Waals surface area contributed by atoms with Crippen LogP contribution in [-0.4, -0.2) is 23.3 Å². The van der Waals surface area contributed by atoms with E-state index in [-0.39, 0.29) is 0 Å². The topological polar surface area (TPSA) is 77.2 Å². The molecule has 0 spiro atoms. The average molecular weight is 267 g/mol. The van der Waals surface area contributed by atoms with Crippen molar-refractivity contribution in [2.45, 2.75) is 19.9 Å². The van der Waals surface area contributed by atoms with Crippen LogP contribution in [0.25, 0.3) is 0 Å². The molecule has 2 aromatic rings. The number of aromatic nitrogens is 2. The normalized spacial score (nSPS) is 10.3. The summed E-state index contributed by atoms with van der Waals surface area (Å²) in [5.41, 5.74) is 0.404. The first-order valence-corrected chi connectivity index (χ1v) is 6.26. The molecule has 0 aromatic carbocycles. The molecule has 0 aliphatic rings. The zero-order valence-corrected chi connectivity index (χ0v) is 10.9. The molecule has 18 heavy (non-hydrogen) atoms. The van der Waals surface area contributed by atoms with Gasteiger partial charge >= 0.3 is 5.97 Å². The van der Waals surface area contributed by atoms with E-state index < -0.39 is 5.97 Å². The van der Waals surface area contributed by atoms with E-state index in [1.165, 1.54) is 24.7 Å². The van der Waals surface area contributed by atoms with Crippen molar-refractivity contribution < 1.29 is 13.9 Å². The van der Waals surface area contributed by atoms with Gasteiger partial charge in [0, 0.05) is 0 Å². The minimum Gasteiger partial charge on any atom is -0.467 e. The zero-order valence-electron chi connectivity index (χ0n) is 10.1. The Morgan fingerprint density at radius 2 is 2.39 bits per heavy atom. The third-order valence-electron chi connectivity index (χ3n) is 2.26. The number of esters is 1. The highest BCUT2D eigenvalue weighted by Crippen LogP contribution is 2.17. The summed E-state index contributed by atoms with van der Waals surface area (Å²) in [6, 6.07) is 1.64. The molecule has 0 saturated carbocycles. The number of carbonyl (C=O) groups is 1. The van der Waals surface area contributed by atoms with E-state index in [1.807, 2.05) is 6.92 Å². The highest BCUT2D eigenvalue weighted by atomic mass is 32.1. The molecule has 6 nitrogen and oxygen atoms in total. The van der Waals surface area contributed by atoms with Gasteiger partial charge in [-0.2, -0.15) is 0 Å². The van der Waals surface area contributed by atoms with Gasteiger partial charge in [-0.15, -0.1) is 10.2 Å². The molecule has 0 atom stereocenters. The highest BCUT2D eigenvalue weighted by molar-refractivity contribution is 7.15. The van der Waals surface area contributed by atoms with Crippen molar-refractivity contribution >= 4 is 22.4 Å². The number of aryl methyl sites for hydroxylation is 1. The maximum Gasteiger partial charge on any atom is 0.341 e. The van der Waals surface area contributed by atoms with Crippen LogP contribution in [0.3, 0.4) is 0 Å². The number of anilines is 1. The molecule has 0 aliphatic carbocycles. The Morgan fingerprint density at radius 1 is 1.56 bits per heavy atom. The van der Waals surface area contributed by atoms with Crippen LogP contribution >= 0.6 is 11.3 Å². The van der Waals surface area contributed by atoms with Gasteiger partial charge in [-0.25, -0.2) is 4.79 Å². The summed E-state index contributed by atoms with van der Waals surface area (Å²) in [6.07, 6.45) is 2.24. The number of carbonyl (C=O) groups excluding carboxylic acids is 1. The van der Waals surface area contributed by atoms with Crippen molar-refractivity contribution in [3.05, 3.63) is 28.7 Å². The van der Waals surface area contributed by atoms with E-state index in [4.69, 9.17) is 4.42 Å². The lowest BCUT2D eigenvalue weighted by Gasteiger charge is -1.96. The fraction of sp³-hybridized carbons (Fsp3) is 0.364. The molecule has 0 bridgehead atoms. The molecule has 0 amide bonds. The molecule has 7 heteroatoms. The van der Waals surface area contributed by atoms with Gasteiger partial charge in [-0.3, -0.25) is 0 Å². The summed E-state index contributed by atoms with van der Waals surface area (Å²) >= 11 is 1.50. The SMILES string of the molecule is CCc1nnc(NCc2cc(C(=O)OC)co2)s1. The first-order valence-electron chi connectivity index (χ1n) is 5.45. The van der Waals surface area contributed by atoms with Crippen LogP contribution in [0, 0.1) is 0 Å². The third kappa shape index (κ3) is 2.86. The third-order valence-corrected chi connectivity index (χ3v) is 3.28. The van der Waals surface area contributed by atoms with Crippen molar-refractivity contribution in [1.82, 2.24) is 10.2 Å². The number of furan rings is 1. The maximum atomic E-state index is 11.2. The second-order valence-electron chi connectivity index (χ2n) is 3.50. The van der Waals surface area contributed by atoms with E-state index in [0.717, 1.165) is 16.6 Å². The molecule has 0 unspecified atom stereocenters. The predicted molar refractivity (Wildman–Crippen MR) is 66.7 cm³/mol. The molecule has 96 valence electrons. The van der Waals surface area contributed by atoms with Gasteiger partial charge in [-0.05, 0) is 12.5 Å². The Morgan fingerprint density at radius 3 is 3.06 bits per heavy atom. The highest BCUT2D eigenvalue weighted by Gasteiger charge is 2.10. The minimum atomic E-state index is -0.408. The lowest BCUT2D eigenvalue weighted by Crippen LogP contribution is -2.00. The first-order chi connectivity index (χ1) is 8.72. The maximum absolute atomic E-state index is 11.2. The fourth-order valence-corrected chi connectivity index (χ4v) is 2.00. The molecule has 2 heterocycles. The van der Waals surface area contributed by atoms with Crippen molar-refractivity contribution in [2.24, 2.45) is 0 Å². The Bertz CT molecular complexity index is 535. The summed E-state index contributed by atoms with van der Waals surface area (Å²) in [5, 5.41) is 12.8. The van der Waals surface area contributed by atoms with Crippen molar-refractivity contribution in [1.29, 1.82) is 0 Å². The molecular weight excluding hydrogens is 254 g/mol. The number of rotatable bonds is 5. The molecule has 2 aromatic heterocycles. The quantitative estimate of drug-likeness (QED) is 0.836. The molecule has 0 radical (unpaired) electrons. The molecule has 2 rings (SSSR count). The van der Waals surface area contributed by atoms with Gasteiger partial charge in [0.25, 0.3) is 0 Å². The number of hydrogen-bond donors (Lipinski definition) is 1. The van der Waals surface area contributed by atoms with Crippen LogP contribution in [0.5, 0.6) is 0 Å². The van der Waals surface area contributed by atoms with Crippen molar-refractivity contribution in [3.63, 3.8) is 0 Å². The average Bonchev–Trinajstić information content (AvgIpc) is 3.04. The van der Waals surface area contributed by atoms with Gasteiger partial charge in [0.1, 0.15) is 17.0 Å². The second kappa shape index (κ2) is 5.63. The molecule has 1 N–H and O–H groups in total. The van der Waals surface area contributed by atoms with Crippen LogP contribution in [0.1, 0.15) is 28.0 Å². The smallest absolute Gasteiger partial charge is 0.341 e. The Balaban J connectivity index is 1.93.